The third-order valence-electron chi connectivity index (χ3n) is 3.55. The molecule has 0 saturated carbocycles. The van der Waals surface area contributed by atoms with E-state index in [0.717, 1.165) is 41.9 Å². The number of anilines is 1. The lowest BCUT2D eigenvalue weighted by Crippen LogP contribution is -2.31. The quantitative estimate of drug-likeness (QED) is 0.793. The van der Waals surface area contributed by atoms with Crippen LogP contribution in [0.1, 0.15) is 30.1 Å². The summed E-state index contributed by atoms with van der Waals surface area (Å²) >= 11 is 3.56. The Balaban J connectivity index is 2.05. The van der Waals surface area contributed by atoms with Crippen LogP contribution in [0.3, 0.4) is 0 Å². The van der Waals surface area contributed by atoms with Gasteiger partial charge in [0.05, 0.1) is 12.3 Å². The third-order valence-corrected chi connectivity index (χ3v) is 4.19. The maximum absolute atomic E-state index is 11.3. The Morgan fingerprint density at radius 2 is 2.32 bits per heavy atom. The second kappa shape index (κ2) is 6.53. The van der Waals surface area contributed by atoms with E-state index >= 15 is 0 Å². The number of carbonyl (C=O) groups excluding carboxylic acids is 1. The first-order valence-electron chi connectivity index (χ1n) is 6.67. The molecule has 1 saturated heterocycles. The topological polar surface area (TPSA) is 29.5 Å². The predicted molar refractivity (Wildman–Crippen MR) is 81.0 cm³/mol. The van der Waals surface area contributed by atoms with Crippen LogP contribution in [0.15, 0.2) is 22.7 Å². The Bertz CT molecular complexity index is 455. The van der Waals surface area contributed by atoms with Crippen molar-refractivity contribution in [3.05, 3.63) is 28.2 Å². The molecule has 1 aliphatic rings. The smallest absolute Gasteiger partial charge is 0.159 e. The van der Waals surface area contributed by atoms with Crippen LogP contribution in [-0.4, -0.2) is 32.6 Å². The highest BCUT2D eigenvalue weighted by Crippen LogP contribution is 2.28. The van der Waals surface area contributed by atoms with Crippen molar-refractivity contribution in [3.63, 3.8) is 0 Å². The molecule has 1 unspecified atom stereocenters. The molecule has 1 aromatic rings. The molecule has 0 spiro atoms. The second-order valence-electron chi connectivity index (χ2n) is 5.19. The first kappa shape index (κ1) is 14.5. The van der Waals surface area contributed by atoms with Crippen LogP contribution in [0.25, 0.3) is 0 Å². The summed E-state index contributed by atoms with van der Waals surface area (Å²) in [5, 5.41) is 0. The highest BCUT2D eigenvalue weighted by molar-refractivity contribution is 9.10. The Hall–Kier alpha value is -0.870. The highest BCUT2D eigenvalue weighted by atomic mass is 79.9. The molecule has 1 heterocycles. The lowest BCUT2D eigenvalue weighted by Gasteiger charge is -2.29. The van der Waals surface area contributed by atoms with E-state index in [2.05, 4.69) is 27.9 Å². The SMILES string of the molecule is CC(=O)c1ccc(N(C)CC2CCCOC2)c(Br)c1. The number of benzene rings is 1. The summed E-state index contributed by atoms with van der Waals surface area (Å²) in [4.78, 5) is 13.6. The van der Waals surface area contributed by atoms with Crippen molar-refractivity contribution in [1.29, 1.82) is 0 Å². The fourth-order valence-electron chi connectivity index (χ4n) is 2.47. The maximum atomic E-state index is 11.3. The minimum atomic E-state index is 0.0931. The van der Waals surface area contributed by atoms with Gasteiger partial charge in [0.1, 0.15) is 0 Å². The number of nitrogens with zero attached hydrogens (tertiary/aromatic N) is 1. The van der Waals surface area contributed by atoms with Crippen LogP contribution in [0, 0.1) is 5.92 Å². The van der Waals surface area contributed by atoms with Crippen LogP contribution in [0.4, 0.5) is 5.69 Å². The summed E-state index contributed by atoms with van der Waals surface area (Å²) in [5.74, 6) is 0.689. The van der Waals surface area contributed by atoms with Crippen LogP contribution in [0.2, 0.25) is 0 Å². The average Bonchev–Trinajstić information content (AvgIpc) is 2.39. The largest absolute Gasteiger partial charge is 0.381 e. The second-order valence-corrected chi connectivity index (χ2v) is 6.04. The van der Waals surface area contributed by atoms with Gasteiger partial charge in [0.2, 0.25) is 0 Å². The van der Waals surface area contributed by atoms with E-state index in [-0.39, 0.29) is 5.78 Å². The van der Waals surface area contributed by atoms with Crippen LogP contribution in [0.5, 0.6) is 0 Å². The normalized spacial score (nSPS) is 19.2. The molecule has 104 valence electrons. The third kappa shape index (κ3) is 3.80. The maximum Gasteiger partial charge on any atom is 0.159 e. The Morgan fingerprint density at radius 3 is 2.89 bits per heavy atom. The van der Waals surface area contributed by atoms with Gasteiger partial charge in [-0.15, -0.1) is 0 Å². The number of hydrogen-bond donors (Lipinski definition) is 0. The molecule has 1 aliphatic heterocycles. The van der Waals surface area contributed by atoms with Gasteiger partial charge in [-0.1, -0.05) is 0 Å². The summed E-state index contributed by atoms with van der Waals surface area (Å²) in [6.45, 7) is 4.33. The molecule has 0 N–H and O–H groups in total. The van der Waals surface area contributed by atoms with Gasteiger partial charge in [-0.05, 0) is 59.8 Å². The number of carbonyl (C=O) groups is 1. The van der Waals surface area contributed by atoms with Gasteiger partial charge >= 0.3 is 0 Å². The van der Waals surface area contributed by atoms with Crippen molar-refractivity contribution in [2.45, 2.75) is 19.8 Å². The van der Waals surface area contributed by atoms with Gasteiger partial charge in [0.15, 0.2) is 5.78 Å². The summed E-state index contributed by atoms with van der Waals surface area (Å²) in [5.41, 5.74) is 1.86. The number of halogens is 1. The minimum absolute atomic E-state index is 0.0931. The van der Waals surface area contributed by atoms with Crippen molar-refractivity contribution in [1.82, 2.24) is 0 Å². The molecule has 0 radical (unpaired) electrons. The fraction of sp³-hybridized carbons (Fsp3) is 0.533. The van der Waals surface area contributed by atoms with Crippen molar-refractivity contribution in [2.24, 2.45) is 5.92 Å². The van der Waals surface area contributed by atoms with E-state index in [1.807, 2.05) is 18.2 Å². The molecule has 19 heavy (non-hydrogen) atoms. The van der Waals surface area contributed by atoms with E-state index in [0.29, 0.717) is 5.92 Å². The number of rotatable bonds is 4. The Kier molecular flexibility index (Phi) is 4.99. The molecule has 1 atom stereocenters. The Labute approximate surface area is 123 Å². The molecule has 3 nitrogen and oxygen atoms in total. The summed E-state index contributed by atoms with van der Waals surface area (Å²) in [7, 11) is 2.09. The zero-order chi connectivity index (χ0) is 13.8. The molecule has 1 fully saturated rings. The van der Waals surface area contributed by atoms with Gasteiger partial charge in [-0.2, -0.15) is 0 Å². The average molecular weight is 326 g/mol. The molecule has 0 bridgehead atoms. The monoisotopic (exact) mass is 325 g/mol. The summed E-state index contributed by atoms with van der Waals surface area (Å²) < 4.78 is 6.49. The predicted octanol–water partition coefficient (Wildman–Crippen LogP) is 3.51. The van der Waals surface area contributed by atoms with Crippen molar-refractivity contribution in [3.8, 4) is 0 Å². The number of ketones is 1. The van der Waals surface area contributed by atoms with Gasteiger partial charge in [-0.25, -0.2) is 0 Å². The van der Waals surface area contributed by atoms with E-state index in [1.165, 1.54) is 6.42 Å². The molecular formula is C15H20BrNO2. The Morgan fingerprint density at radius 1 is 1.53 bits per heavy atom. The van der Waals surface area contributed by atoms with E-state index in [9.17, 15) is 4.79 Å². The van der Waals surface area contributed by atoms with Gasteiger partial charge in [0.25, 0.3) is 0 Å². The van der Waals surface area contributed by atoms with Crippen LogP contribution >= 0.6 is 15.9 Å². The minimum Gasteiger partial charge on any atom is -0.381 e. The van der Waals surface area contributed by atoms with Crippen molar-refractivity contribution < 1.29 is 9.53 Å². The highest BCUT2D eigenvalue weighted by Gasteiger charge is 2.17. The van der Waals surface area contributed by atoms with E-state index < -0.39 is 0 Å². The van der Waals surface area contributed by atoms with E-state index in [1.54, 1.807) is 6.92 Å². The molecule has 1 aromatic carbocycles. The first-order valence-corrected chi connectivity index (χ1v) is 7.46. The molecular weight excluding hydrogens is 306 g/mol. The molecule has 2 rings (SSSR count). The molecule has 0 aliphatic carbocycles. The standard InChI is InChI=1S/C15H20BrNO2/c1-11(18)13-5-6-15(14(16)8-13)17(2)9-12-4-3-7-19-10-12/h5-6,8,12H,3-4,7,9-10H2,1-2H3. The van der Waals surface area contributed by atoms with E-state index in [4.69, 9.17) is 4.74 Å². The van der Waals surface area contributed by atoms with Gasteiger partial charge in [-0.3, -0.25) is 4.79 Å². The molecule has 0 aromatic heterocycles. The number of ether oxygens (including phenoxy) is 1. The summed E-state index contributed by atoms with van der Waals surface area (Å²) in [6, 6.07) is 5.78. The lowest BCUT2D eigenvalue weighted by molar-refractivity contribution is 0.0576. The van der Waals surface area contributed by atoms with Crippen LogP contribution < -0.4 is 4.90 Å². The molecule has 0 amide bonds. The van der Waals surface area contributed by atoms with Gasteiger partial charge < -0.3 is 9.64 Å². The first-order chi connectivity index (χ1) is 9.08. The zero-order valence-electron chi connectivity index (χ0n) is 11.5. The number of Topliss-reactive ketones (excluding diaryl/α,β-unsaturated/α-hetero) is 1. The van der Waals surface area contributed by atoms with Gasteiger partial charge in [0, 0.05) is 30.2 Å². The zero-order valence-corrected chi connectivity index (χ0v) is 13.1. The van der Waals surface area contributed by atoms with Crippen molar-refractivity contribution >= 4 is 27.4 Å². The van der Waals surface area contributed by atoms with Crippen molar-refractivity contribution in [2.75, 3.05) is 31.7 Å². The van der Waals surface area contributed by atoms with Crippen LogP contribution in [-0.2, 0) is 4.74 Å². The molecule has 4 heteroatoms. The fourth-order valence-corrected chi connectivity index (χ4v) is 3.15. The summed E-state index contributed by atoms with van der Waals surface area (Å²) in [6.07, 6.45) is 2.39. The number of hydrogen-bond acceptors (Lipinski definition) is 3. The lowest BCUT2D eigenvalue weighted by atomic mass is 10.0.